The number of rotatable bonds is 5. The molecule has 2 N–H and O–H groups in total. The van der Waals surface area contributed by atoms with Gasteiger partial charge in [0, 0.05) is 49.5 Å². The van der Waals surface area contributed by atoms with Crippen LogP contribution in [0, 0.1) is 5.92 Å². The average Bonchev–Trinajstić information content (AvgIpc) is 3.04. The number of hydrogen-bond acceptors (Lipinski definition) is 3. The summed E-state index contributed by atoms with van der Waals surface area (Å²) in [6, 6.07) is 15.9. The summed E-state index contributed by atoms with van der Waals surface area (Å²) in [6.45, 7) is 6.88. The van der Waals surface area contributed by atoms with Gasteiger partial charge in [0.2, 0.25) is 0 Å². The summed E-state index contributed by atoms with van der Waals surface area (Å²) < 4.78 is 0. The van der Waals surface area contributed by atoms with Crippen molar-refractivity contribution in [1.29, 1.82) is 0 Å². The second-order valence-corrected chi connectivity index (χ2v) is 8.11. The van der Waals surface area contributed by atoms with Crippen LogP contribution in [0.4, 0.5) is 10.5 Å². The van der Waals surface area contributed by atoms with Gasteiger partial charge in [-0.1, -0.05) is 32.0 Å². The Morgan fingerprint density at radius 3 is 2.16 bits per heavy atom. The molecule has 0 atom stereocenters. The molecule has 1 aliphatic heterocycles. The van der Waals surface area contributed by atoms with Crippen LogP contribution in [0.5, 0.6) is 0 Å². The normalized spacial score (nSPS) is 14.2. The highest BCUT2D eigenvalue weighted by molar-refractivity contribution is 5.96. The average molecular weight is 423 g/mol. The highest BCUT2D eigenvalue weighted by Crippen LogP contribution is 2.13. The maximum Gasteiger partial charge on any atom is 0.321 e. The second kappa shape index (κ2) is 10.6. The van der Waals surface area contributed by atoms with Gasteiger partial charge in [0.1, 0.15) is 0 Å². The lowest BCUT2D eigenvalue weighted by Gasteiger charge is -2.22. The SMILES string of the molecule is CC(C)CNC(=O)c1ccc(NC(=O)N2CCCN(C(=O)c3ccccc3)CC2)cc1. The van der Waals surface area contributed by atoms with E-state index in [1.807, 2.05) is 44.2 Å². The van der Waals surface area contributed by atoms with Crippen molar-refractivity contribution in [3.05, 3.63) is 65.7 Å². The molecule has 2 aromatic carbocycles. The van der Waals surface area contributed by atoms with Gasteiger partial charge in [0.15, 0.2) is 0 Å². The molecule has 1 heterocycles. The van der Waals surface area contributed by atoms with E-state index in [2.05, 4.69) is 10.6 Å². The van der Waals surface area contributed by atoms with Gasteiger partial charge >= 0.3 is 6.03 Å². The van der Waals surface area contributed by atoms with E-state index in [1.54, 1.807) is 34.1 Å². The van der Waals surface area contributed by atoms with Crippen molar-refractivity contribution in [2.24, 2.45) is 5.92 Å². The number of urea groups is 1. The van der Waals surface area contributed by atoms with Crippen molar-refractivity contribution >= 4 is 23.5 Å². The third kappa shape index (κ3) is 6.31. The Bertz CT molecular complexity index is 897. The Balaban J connectivity index is 1.52. The quantitative estimate of drug-likeness (QED) is 0.774. The maximum absolute atomic E-state index is 12.7. The van der Waals surface area contributed by atoms with Crippen molar-refractivity contribution < 1.29 is 14.4 Å². The molecule has 7 nitrogen and oxygen atoms in total. The second-order valence-electron chi connectivity index (χ2n) is 8.11. The predicted molar refractivity (Wildman–Crippen MR) is 121 cm³/mol. The van der Waals surface area contributed by atoms with E-state index in [0.29, 0.717) is 55.5 Å². The Kier molecular flexibility index (Phi) is 7.65. The Morgan fingerprint density at radius 1 is 0.839 bits per heavy atom. The van der Waals surface area contributed by atoms with E-state index in [9.17, 15) is 14.4 Å². The standard InChI is InChI=1S/C24H30N4O3/c1-18(2)17-25-22(29)19-9-11-21(12-10-19)26-24(31)28-14-6-13-27(15-16-28)23(30)20-7-4-3-5-8-20/h3-5,7-12,18H,6,13-17H2,1-2H3,(H,25,29)(H,26,31). The number of hydrogen-bond donors (Lipinski definition) is 2. The summed E-state index contributed by atoms with van der Waals surface area (Å²) in [7, 11) is 0. The van der Waals surface area contributed by atoms with E-state index in [4.69, 9.17) is 0 Å². The summed E-state index contributed by atoms with van der Waals surface area (Å²) >= 11 is 0. The molecular formula is C24H30N4O3. The molecule has 0 aromatic heterocycles. The maximum atomic E-state index is 12.7. The number of anilines is 1. The first-order valence-electron chi connectivity index (χ1n) is 10.7. The van der Waals surface area contributed by atoms with Crippen LogP contribution in [0.15, 0.2) is 54.6 Å². The van der Waals surface area contributed by atoms with Gasteiger partial charge < -0.3 is 20.4 Å². The van der Waals surface area contributed by atoms with E-state index in [1.165, 1.54) is 0 Å². The molecule has 7 heteroatoms. The number of carbonyl (C=O) groups excluding carboxylic acids is 3. The van der Waals surface area contributed by atoms with Crippen LogP contribution in [-0.2, 0) is 0 Å². The third-order valence-electron chi connectivity index (χ3n) is 5.16. The minimum atomic E-state index is -0.203. The minimum absolute atomic E-state index is 0.00538. The molecule has 3 rings (SSSR count). The largest absolute Gasteiger partial charge is 0.352 e. The Hall–Kier alpha value is -3.35. The lowest BCUT2D eigenvalue weighted by molar-refractivity contribution is 0.0762. The monoisotopic (exact) mass is 422 g/mol. The zero-order valence-electron chi connectivity index (χ0n) is 18.1. The molecule has 0 saturated carbocycles. The van der Waals surface area contributed by atoms with Gasteiger partial charge in [-0.15, -0.1) is 0 Å². The van der Waals surface area contributed by atoms with Gasteiger partial charge in [0.25, 0.3) is 11.8 Å². The fraction of sp³-hybridized carbons (Fsp3) is 0.375. The van der Waals surface area contributed by atoms with Gasteiger partial charge in [-0.05, 0) is 48.7 Å². The first-order valence-corrected chi connectivity index (χ1v) is 10.7. The number of carbonyl (C=O) groups is 3. The van der Waals surface area contributed by atoms with Gasteiger partial charge in [-0.3, -0.25) is 9.59 Å². The minimum Gasteiger partial charge on any atom is -0.352 e. The highest BCUT2D eigenvalue weighted by Gasteiger charge is 2.22. The summed E-state index contributed by atoms with van der Waals surface area (Å²) in [4.78, 5) is 41.0. The van der Waals surface area contributed by atoms with Crippen LogP contribution in [0.2, 0.25) is 0 Å². The lowest BCUT2D eigenvalue weighted by atomic mass is 10.1. The number of nitrogens with one attached hydrogen (secondary N) is 2. The summed E-state index contributed by atoms with van der Waals surface area (Å²) in [5.41, 5.74) is 1.85. The van der Waals surface area contributed by atoms with E-state index in [0.717, 1.165) is 6.42 Å². The molecule has 0 aliphatic carbocycles. The topological polar surface area (TPSA) is 81.8 Å². The third-order valence-corrected chi connectivity index (χ3v) is 5.16. The first kappa shape index (κ1) is 22.3. The van der Waals surface area contributed by atoms with Crippen LogP contribution in [0.3, 0.4) is 0 Å². The Labute approximate surface area is 183 Å². The number of nitrogens with zero attached hydrogens (tertiary/aromatic N) is 2. The highest BCUT2D eigenvalue weighted by atomic mass is 16.2. The molecule has 0 radical (unpaired) electrons. The summed E-state index contributed by atoms with van der Waals surface area (Å²) in [5.74, 6) is 0.256. The van der Waals surface area contributed by atoms with E-state index < -0.39 is 0 Å². The molecule has 1 saturated heterocycles. The molecule has 0 spiro atoms. The van der Waals surface area contributed by atoms with E-state index in [-0.39, 0.29) is 17.8 Å². The van der Waals surface area contributed by atoms with Crippen molar-refractivity contribution in [3.63, 3.8) is 0 Å². The molecular weight excluding hydrogens is 392 g/mol. The Morgan fingerprint density at radius 2 is 1.48 bits per heavy atom. The van der Waals surface area contributed by atoms with Crippen LogP contribution in [-0.4, -0.2) is 60.4 Å². The van der Waals surface area contributed by atoms with Crippen LogP contribution in [0.1, 0.15) is 41.0 Å². The fourth-order valence-corrected chi connectivity index (χ4v) is 3.39. The van der Waals surface area contributed by atoms with Crippen LogP contribution in [0.25, 0.3) is 0 Å². The van der Waals surface area contributed by atoms with Crippen molar-refractivity contribution in [3.8, 4) is 0 Å². The molecule has 31 heavy (non-hydrogen) atoms. The molecule has 1 fully saturated rings. The summed E-state index contributed by atoms with van der Waals surface area (Å²) in [5, 5.41) is 5.76. The van der Waals surface area contributed by atoms with Crippen molar-refractivity contribution in [1.82, 2.24) is 15.1 Å². The van der Waals surface area contributed by atoms with Gasteiger partial charge in [-0.2, -0.15) is 0 Å². The molecule has 164 valence electrons. The number of benzene rings is 2. The predicted octanol–water partition coefficient (Wildman–Crippen LogP) is 3.45. The van der Waals surface area contributed by atoms with E-state index >= 15 is 0 Å². The lowest BCUT2D eigenvalue weighted by Crippen LogP contribution is -2.39. The zero-order valence-corrected chi connectivity index (χ0v) is 18.1. The molecule has 4 amide bonds. The van der Waals surface area contributed by atoms with Crippen LogP contribution < -0.4 is 10.6 Å². The molecule has 1 aliphatic rings. The van der Waals surface area contributed by atoms with Crippen molar-refractivity contribution in [2.45, 2.75) is 20.3 Å². The fourth-order valence-electron chi connectivity index (χ4n) is 3.39. The first-order chi connectivity index (χ1) is 14.9. The molecule has 0 bridgehead atoms. The summed E-state index contributed by atoms with van der Waals surface area (Å²) in [6.07, 6.45) is 0.723. The van der Waals surface area contributed by atoms with Gasteiger partial charge in [-0.25, -0.2) is 4.79 Å². The van der Waals surface area contributed by atoms with Gasteiger partial charge in [0.05, 0.1) is 0 Å². The molecule has 0 unspecified atom stereocenters. The van der Waals surface area contributed by atoms with Crippen LogP contribution >= 0.6 is 0 Å². The smallest absolute Gasteiger partial charge is 0.321 e. The van der Waals surface area contributed by atoms with Crippen molar-refractivity contribution in [2.75, 3.05) is 38.0 Å². The zero-order chi connectivity index (χ0) is 22.2. The number of amides is 4. The molecule has 2 aromatic rings.